The van der Waals surface area contributed by atoms with Crippen LogP contribution < -0.4 is 15.5 Å². The standard InChI is InChI=1S/C30H32N4O4/c1-5-38-30(37)22-11-16-25-26(19-22)32-29(36)27(25)28(21-9-7-6-8-10-21)31-23-12-14-24(15-13-23)34(20(2)35)18-17-33(3)4/h6-16,19,31H,5,17-18H2,1-4H3,(H,32,36). The molecule has 0 saturated heterocycles. The third kappa shape index (κ3) is 5.92. The molecule has 0 aromatic heterocycles. The maximum Gasteiger partial charge on any atom is 0.338 e. The maximum atomic E-state index is 13.2. The number of carbonyl (C=O) groups is 3. The number of nitrogens with one attached hydrogen (secondary N) is 2. The number of rotatable bonds is 9. The number of benzene rings is 3. The smallest absolute Gasteiger partial charge is 0.338 e. The fourth-order valence-corrected chi connectivity index (χ4v) is 4.28. The van der Waals surface area contributed by atoms with E-state index in [-0.39, 0.29) is 18.4 Å². The number of hydrogen-bond donors (Lipinski definition) is 2. The van der Waals surface area contributed by atoms with E-state index >= 15 is 0 Å². The van der Waals surface area contributed by atoms with E-state index in [2.05, 4.69) is 10.6 Å². The van der Waals surface area contributed by atoms with Crippen LogP contribution in [0.25, 0.3) is 11.3 Å². The van der Waals surface area contributed by atoms with Crippen molar-refractivity contribution in [1.82, 2.24) is 4.90 Å². The van der Waals surface area contributed by atoms with E-state index in [4.69, 9.17) is 4.74 Å². The molecule has 3 aromatic rings. The SMILES string of the molecule is CCOC(=O)c1ccc2c(c1)NC(=O)C2=C(Nc1ccc(N(CCN(C)C)C(C)=O)cc1)c1ccccc1. The summed E-state index contributed by atoms with van der Waals surface area (Å²) >= 11 is 0. The lowest BCUT2D eigenvalue weighted by atomic mass is 9.99. The Morgan fingerprint density at radius 2 is 1.63 bits per heavy atom. The molecule has 38 heavy (non-hydrogen) atoms. The van der Waals surface area contributed by atoms with Gasteiger partial charge in [0.15, 0.2) is 0 Å². The quantitative estimate of drug-likeness (QED) is 0.319. The number of anilines is 3. The summed E-state index contributed by atoms with van der Waals surface area (Å²) in [5.74, 6) is -0.731. The van der Waals surface area contributed by atoms with Gasteiger partial charge in [-0.3, -0.25) is 9.59 Å². The number of hydrogen-bond acceptors (Lipinski definition) is 6. The fraction of sp³-hybridized carbons (Fsp3) is 0.233. The number of ether oxygens (including phenoxy) is 1. The van der Waals surface area contributed by atoms with Gasteiger partial charge in [0.05, 0.1) is 29.1 Å². The molecule has 1 aliphatic rings. The van der Waals surface area contributed by atoms with Gasteiger partial charge >= 0.3 is 5.97 Å². The second-order valence-electron chi connectivity index (χ2n) is 9.20. The van der Waals surface area contributed by atoms with Gasteiger partial charge in [0.25, 0.3) is 5.91 Å². The van der Waals surface area contributed by atoms with Gasteiger partial charge in [-0.1, -0.05) is 36.4 Å². The van der Waals surface area contributed by atoms with Crippen molar-refractivity contribution in [2.75, 3.05) is 49.3 Å². The van der Waals surface area contributed by atoms with Crippen molar-refractivity contribution in [1.29, 1.82) is 0 Å². The molecular weight excluding hydrogens is 480 g/mol. The highest BCUT2D eigenvalue weighted by atomic mass is 16.5. The van der Waals surface area contributed by atoms with Crippen molar-refractivity contribution in [3.63, 3.8) is 0 Å². The number of fused-ring (bicyclic) bond motifs is 1. The lowest BCUT2D eigenvalue weighted by Crippen LogP contribution is -2.35. The van der Waals surface area contributed by atoms with Crippen LogP contribution in [0.4, 0.5) is 17.1 Å². The molecule has 0 fully saturated rings. The number of carbonyl (C=O) groups excluding carboxylic acids is 3. The molecule has 1 aliphatic heterocycles. The zero-order valence-electron chi connectivity index (χ0n) is 22.1. The summed E-state index contributed by atoms with van der Waals surface area (Å²) in [6.07, 6.45) is 0. The third-order valence-corrected chi connectivity index (χ3v) is 6.19. The first-order chi connectivity index (χ1) is 18.3. The first kappa shape index (κ1) is 26.6. The van der Waals surface area contributed by atoms with Crippen LogP contribution in [0, 0.1) is 0 Å². The molecule has 3 aromatic carbocycles. The second-order valence-corrected chi connectivity index (χ2v) is 9.20. The average molecular weight is 513 g/mol. The Kier molecular flexibility index (Phi) is 8.23. The number of esters is 1. The van der Waals surface area contributed by atoms with Gasteiger partial charge in [0.1, 0.15) is 0 Å². The van der Waals surface area contributed by atoms with E-state index in [1.807, 2.05) is 73.6 Å². The van der Waals surface area contributed by atoms with Crippen LogP contribution in [-0.2, 0) is 14.3 Å². The van der Waals surface area contributed by atoms with Crippen LogP contribution in [0.2, 0.25) is 0 Å². The van der Waals surface area contributed by atoms with Crippen LogP contribution in [0.15, 0.2) is 72.8 Å². The molecule has 0 saturated carbocycles. The first-order valence-corrected chi connectivity index (χ1v) is 12.5. The van der Waals surface area contributed by atoms with Gasteiger partial charge in [-0.05, 0) is 63.0 Å². The summed E-state index contributed by atoms with van der Waals surface area (Å²) in [6.45, 7) is 4.91. The molecule has 2 amide bonds. The van der Waals surface area contributed by atoms with Crippen molar-refractivity contribution in [3.8, 4) is 0 Å². The minimum atomic E-state index is -0.436. The predicted octanol–water partition coefficient (Wildman–Crippen LogP) is 4.71. The monoisotopic (exact) mass is 512 g/mol. The van der Waals surface area contributed by atoms with E-state index < -0.39 is 5.97 Å². The van der Waals surface area contributed by atoms with Crippen LogP contribution in [-0.4, -0.2) is 56.5 Å². The maximum absolute atomic E-state index is 13.2. The Hall–Kier alpha value is -4.43. The van der Waals surface area contributed by atoms with Crippen molar-refractivity contribution in [2.24, 2.45) is 0 Å². The Bertz CT molecular complexity index is 1360. The van der Waals surface area contributed by atoms with Gasteiger partial charge in [-0.25, -0.2) is 4.79 Å². The van der Waals surface area contributed by atoms with Crippen LogP contribution >= 0.6 is 0 Å². The lowest BCUT2D eigenvalue weighted by Gasteiger charge is -2.23. The van der Waals surface area contributed by atoms with Gasteiger partial charge in [0.2, 0.25) is 5.91 Å². The van der Waals surface area contributed by atoms with Crippen molar-refractivity contribution < 1.29 is 19.1 Å². The van der Waals surface area contributed by atoms with Gasteiger partial charge in [0, 0.05) is 37.0 Å². The van der Waals surface area contributed by atoms with Gasteiger partial charge in [-0.15, -0.1) is 0 Å². The molecule has 2 N–H and O–H groups in total. The number of likely N-dealkylation sites (N-methyl/N-ethyl adjacent to an activating group) is 1. The number of amides is 2. The lowest BCUT2D eigenvalue weighted by molar-refractivity contribution is -0.116. The van der Waals surface area contributed by atoms with E-state index in [1.54, 1.807) is 36.9 Å². The Morgan fingerprint density at radius 3 is 2.26 bits per heavy atom. The Balaban J connectivity index is 1.71. The van der Waals surface area contributed by atoms with Gasteiger partial charge in [-0.2, -0.15) is 0 Å². The largest absolute Gasteiger partial charge is 0.462 e. The second kappa shape index (κ2) is 11.7. The molecule has 1 heterocycles. The highest BCUT2D eigenvalue weighted by Gasteiger charge is 2.29. The average Bonchev–Trinajstić information content (AvgIpc) is 3.23. The fourth-order valence-electron chi connectivity index (χ4n) is 4.28. The molecular formula is C30H32N4O4. The highest BCUT2D eigenvalue weighted by Crippen LogP contribution is 2.38. The summed E-state index contributed by atoms with van der Waals surface area (Å²) in [7, 11) is 3.94. The van der Waals surface area contributed by atoms with Crippen molar-refractivity contribution >= 4 is 46.1 Å². The number of nitrogens with zero attached hydrogens (tertiary/aromatic N) is 2. The minimum Gasteiger partial charge on any atom is -0.462 e. The summed E-state index contributed by atoms with van der Waals surface area (Å²) in [6, 6.07) is 22.2. The van der Waals surface area contributed by atoms with Crippen molar-refractivity contribution in [2.45, 2.75) is 13.8 Å². The van der Waals surface area contributed by atoms with E-state index in [9.17, 15) is 14.4 Å². The molecule has 0 bridgehead atoms. The Morgan fingerprint density at radius 1 is 0.921 bits per heavy atom. The molecule has 0 unspecified atom stereocenters. The molecule has 0 aliphatic carbocycles. The molecule has 196 valence electrons. The van der Waals surface area contributed by atoms with Crippen LogP contribution in [0.5, 0.6) is 0 Å². The molecule has 8 nitrogen and oxygen atoms in total. The molecule has 8 heteroatoms. The first-order valence-electron chi connectivity index (χ1n) is 12.5. The predicted molar refractivity (Wildman–Crippen MR) is 151 cm³/mol. The molecule has 0 spiro atoms. The summed E-state index contributed by atoms with van der Waals surface area (Å²) in [5.41, 5.74) is 5.13. The van der Waals surface area contributed by atoms with E-state index in [1.165, 1.54) is 0 Å². The Labute approximate surface area is 222 Å². The van der Waals surface area contributed by atoms with E-state index in [0.29, 0.717) is 34.6 Å². The van der Waals surface area contributed by atoms with E-state index in [0.717, 1.165) is 23.5 Å². The van der Waals surface area contributed by atoms with Crippen LogP contribution in [0.3, 0.4) is 0 Å². The van der Waals surface area contributed by atoms with Crippen molar-refractivity contribution in [3.05, 3.63) is 89.5 Å². The molecule has 0 atom stereocenters. The third-order valence-electron chi connectivity index (χ3n) is 6.19. The minimum absolute atomic E-state index is 0.0268. The normalized spacial score (nSPS) is 13.6. The topological polar surface area (TPSA) is 91.0 Å². The highest BCUT2D eigenvalue weighted by molar-refractivity contribution is 6.37. The summed E-state index contributed by atoms with van der Waals surface area (Å²) in [4.78, 5) is 41.4. The van der Waals surface area contributed by atoms with Gasteiger partial charge < -0.3 is 25.2 Å². The zero-order valence-corrected chi connectivity index (χ0v) is 22.1. The zero-order chi connectivity index (χ0) is 27.2. The summed E-state index contributed by atoms with van der Waals surface area (Å²) < 4.78 is 5.10. The summed E-state index contributed by atoms with van der Waals surface area (Å²) in [5, 5.41) is 6.32. The van der Waals surface area contributed by atoms with Crippen LogP contribution in [0.1, 0.15) is 35.3 Å². The molecule has 4 rings (SSSR count). The molecule has 0 radical (unpaired) electrons.